The third-order valence-electron chi connectivity index (χ3n) is 3.65. The molecule has 0 aliphatic carbocycles. The molecule has 0 radical (unpaired) electrons. The van der Waals surface area contributed by atoms with E-state index in [0.717, 1.165) is 0 Å². The summed E-state index contributed by atoms with van der Waals surface area (Å²) in [7, 11) is 1.46. The van der Waals surface area contributed by atoms with Crippen molar-refractivity contribution in [3.8, 4) is 5.75 Å². The Morgan fingerprint density at radius 1 is 1.35 bits per heavy atom. The minimum atomic E-state index is -1.04. The molecule has 1 fully saturated rings. The highest BCUT2D eigenvalue weighted by molar-refractivity contribution is 6.05. The molecule has 1 aliphatic heterocycles. The van der Waals surface area contributed by atoms with Crippen LogP contribution >= 0.6 is 0 Å². The van der Waals surface area contributed by atoms with E-state index in [2.05, 4.69) is 0 Å². The normalized spacial score (nSPS) is 18.2. The lowest BCUT2D eigenvalue weighted by Crippen LogP contribution is -2.36. The van der Waals surface area contributed by atoms with Crippen LogP contribution in [0.15, 0.2) is 18.2 Å². The van der Waals surface area contributed by atoms with E-state index in [4.69, 9.17) is 14.2 Å². The Hall–Kier alpha value is -1.43. The van der Waals surface area contributed by atoms with Crippen LogP contribution in [0.2, 0.25) is 0 Å². The summed E-state index contributed by atoms with van der Waals surface area (Å²) in [6.07, 6.45) is 0. The lowest BCUT2D eigenvalue weighted by atomic mass is 9.89. The van der Waals surface area contributed by atoms with Gasteiger partial charge in [-0.25, -0.2) is 0 Å². The summed E-state index contributed by atoms with van der Waals surface area (Å²) in [5, 5.41) is 10.1. The second-order valence-electron chi connectivity index (χ2n) is 5.39. The average molecular weight is 280 g/mol. The quantitative estimate of drug-likeness (QED) is 0.857. The predicted molar refractivity (Wildman–Crippen MR) is 72.8 cm³/mol. The Labute approximate surface area is 118 Å². The molecule has 1 N–H and O–H groups in total. The van der Waals surface area contributed by atoms with Crippen LogP contribution in [0.1, 0.15) is 36.7 Å². The number of Topliss-reactive ketones (excluding diaryl/α,β-unsaturated/α-hetero) is 1. The molecule has 2 rings (SSSR count). The summed E-state index contributed by atoms with van der Waals surface area (Å²) < 4.78 is 16.4. The smallest absolute Gasteiger partial charge is 0.198 e. The van der Waals surface area contributed by atoms with Crippen LogP contribution in [0, 0.1) is 0 Å². The molecule has 1 heterocycles. The SMILES string of the molecule is COC(C)(C)C(=O)c1c(O)cccc1C1(C)OCCO1. The number of phenols is 1. The van der Waals surface area contributed by atoms with Gasteiger partial charge >= 0.3 is 0 Å². The van der Waals surface area contributed by atoms with Crippen molar-refractivity contribution >= 4 is 5.78 Å². The van der Waals surface area contributed by atoms with Gasteiger partial charge in [-0.05, 0) is 26.8 Å². The summed E-state index contributed by atoms with van der Waals surface area (Å²) in [5.41, 5.74) is -0.336. The largest absolute Gasteiger partial charge is 0.507 e. The molecule has 5 heteroatoms. The number of hydrogen-bond acceptors (Lipinski definition) is 5. The van der Waals surface area contributed by atoms with Crippen LogP contribution in [0.4, 0.5) is 0 Å². The van der Waals surface area contributed by atoms with Gasteiger partial charge in [-0.1, -0.05) is 12.1 Å². The van der Waals surface area contributed by atoms with Gasteiger partial charge in [-0.3, -0.25) is 4.79 Å². The maximum atomic E-state index is 12.6. The van der Waals surface area contributed by atoms with Gasteiger partial charge in [0, 0.05) is 12.7 Å². The maximum absolute atomic E-state index is 12.6. The van der Waals surface area contributed by atoms with Crippen LogP contribution in [-0.4, -0.2) is 36.8 Å². The van der Waals surface area contributed by atoms with E-state index in [0.29, 0.717) is 18.8 Å². The lowest BCUT2D eigenvalue weighted by Gasteiger charge is -2.28. The van der Waals surface area contributed by atoms with E-state index in [1.807, 2.05) is 0 Å². The fraction of sp³-hybridized carbons (Fsp3) is 0.533. The predicted octanol–water partition coefficient (Wildman–Crippen LogP) is 2.22. The number of methoxy groups -OCH3 is 1. The molecule has 0 bridgehead atoms. The van der Waals surface area contributed by atoms with Crippen molar-refractivity contribution in [3.05, 3.63) is 29.3 Å². The molecular weight excluding hydrogens is 260 g/mol. The summed E-state index contributed by atoms with van der Waals surface area (Å²) in [5.74, 6) is -1.43. The zero-order valence-electron chi connectivity index (χ0n) is 12.2. The number of hydrogen-bond donors (Lipinski definition) is 1. The molecule has 0 unspecified atom stereocenters. The minimum Gasteiger partial charge on any atom is -0.507 e. The number of rotatable bonds is 4. The zero-order valence-corrected chi connectivity index (χ0v) is 12.2. The Kier molecular flexibility index (Phi) is 3.86. The van der Waals surface area contributed by atoms with Gasteiger partial charge in [0.25, 0.3) is 0 Å². The first-order valence-electron chi connectivity index (χ1n) is 6.52. The van der Waals surface area contributed by atoms with Gasteiger partial charge in [-0.15, -0.1) is 0 Å². The second kappa shape index (κ2) is 5.16. The highest BCUT2D eigenvalue weighted by Crippen LogP contribution is 2.38. The molecule has 0 aromatic heterocycles. The number of carbonyl (C=O) groups excluding carboxylic acids is 1. The molecule has 110 valence electrons. The fourth-order valence-corrected chi connectivity index (χ4v) is 2.22. The van der Waals surface area contributed by atoms with E-state index in [9.17, 15) is 9.90 Å². The van der Waals surface area contributed by atoms with Gasteiger partial charge < -0.3 is 19.3 Å². The zero-order chi connectivity index (χ0) is 15.0. The van der Waals surface area contributed by atoms with Gasteiger partial charge in [0.05, 0.1) is 18.8 Å². The maximum Gasteiger partial charge on any atom is 0.198 e. The summed E-state index contributed by atoms with van der Waals surface area (Å²) in [6, 6.07) is 4.86. The van der Waals surface area contributed by atoms with E-state index in [1.54, 1.807) is 32.9 Å². The first-order chi connectivity index (χ1) is 9.32. The molecule has 20 heavy (non-hydrogen) atoms. The average Bonchev–Trinajstić information content (AvgIpc) is 2.86. The highest BCUT2D eigenvalue weighted by Gasteiger charge is 2.40. The molecule has 0 atom stereocenters. The van der Waals surface area contributed by atoms with E-state index >= 15 is 0 Å². The van der Waals surface area contributed by atoms with Crippen molar-refractivity contribution in [1.82, 2.24) is 0 Å². The van der Waals surface area contributed by atoms with Crippen LogP contribution in [0.5, 0.6) is 5.75 Å². The second-order valence-corrected chi connectivity index (χ2v) is 5.39. The molecule has 0 amide bonds. The Balaban J connectivity index is 2.55. The molecular formula is C15H20O5. The van der Waals surface area contributed by atoms with E-state index in [1.165, 1.54) is 13.2 Å². The monoisotopic (exact) mass is 280 g/mol. The van der Waals surface area contributed by atoms with Gasteiger partial charge in [-0.2, -0.15) is 0 Å². The van der Waals surface area contributed by atoms with Gasteiger partial charge in [0.1, 0.15) is 11.4 Å². The van der Waals surface area contributed by atoms with E-state index < -0.39 is 11.4 Å². The number of aromatic hydroxyl groups is 1. The molecule has 1 saturated heterocycles. The first-order valence-corrected chi connectivity index (χ1v) is 6.52. The fourth-order valence-electron chi connectivity index (χ4n) is 2.22. The van der Waals surface area contributed by atoms with Crippen LogP contribution in [0.3, 0.4) is 0 Å². The first kappa shape index (κ1) is 15.0. The van der Waals surface area contributed by atoms with Crippen molar-refractivity contribution in [2.24, 2.45) is 0 Å². The number of ether oxygens (including phenoxy) is 3. The molecule has 0 saturated carbocycles. The summed E-state index contributed by atoms with van der Waals surface area (Å²) in [6.45, 7) is 5.96. The van der Waals surface area contributed by atoms with E-state index in [-0.39, 0.29) is 17.1 Å². The van der Waals surface area contributed by atoms with Crippen molar-refractivity contribution in [2.75, 3.05) is 20.3 Å². The minimum absolute atomic E-state index is 0.0991. The van der Waals surface area contributed by atoms with Gasteiger partial charge in [0.2, 0.25) is 0 Å². The molecule has 1 aromatic carbocycles. The van der Waals surface area contributed by atoms with Crippen molar-refractivity contribution < 1.29 is 24.1 Å². The Morgan fingerprint density at radius 2 is 1.95 bits per heavy atom. The standard InChI is InChI=1S/C15H20O5/c1-14(2,18-4)13(17)12-10(6-5-7-11(12)16)15(3)19-8-9-20-15/h5-7,16H,8-9H2,1-4H3. The number of benzene rings is 1. The van der Waals surface area contributed by atoms with Crippen LogP contribution in [0.25, 0.3) is 0 Å². The van der Waals surface area contributed by atoms with Crippen molar-refractivity contribution in [2.45, 2.75) is 32.2 Å². The molecule has 1 aromatic rings. The topological polar surface area (TPSA) is 65.0 Å². The highest BCUT2D eigenvalue weighted by atomic mass is 16.7. The number of carbonyl (C=O) groups is 1. The van der Waals surface area contributed by atoms with Crippen LogP contribution in [-0.2, 0) is 20.0 Å². The number of phenolic OH excluding ortho intramolecular Hbond substituents is 1. The van der Waals surface area contributed by atoms with Crippen molar-refractivity contribution in [3.63, 3.8) is 0 Å². The molecule has 5 nitrogen and oxygen atoms in total. The third-order valence-corrected chi connectivity index (χ3v) is 3.65. The Bertz CT molecular complexity index is 515. The Morgan fingerprint density at radius 3 is 2.50 bits per heavy atom. The van der Waals surface area contributed by atoms with Crippen molar-refractivity contribution in [1.29, 1.82) is 0 Å². The number of ketones is 1. The molecule has 1 aliphatic rings. The summed E-state index contributed by atoms with van der Waals surface area (Å²) in [4.78, 5) is 12.6. The van der Waals surface area contributed by atoms with Crippen LogP contribution < -0.4 is 0 Å². The summed E-state index contributed by atoms with van der Waals surface area (Å²) >= 11 is 0. The molecule has 0 spiro atoms. The lowest BCUT2D eigenvalue weighted by molar-refractivity contribution is -0.150. The third kappa shape index (κ3) is 2.44. The van der Waals surface area contributed by atoms with Gasteiger partial charge in [0.15, 0.2) is 11.6 Å².